The van der Waals surface area contributed by atoms with E-state index in [0.29, 0.717) is 42.1 Å². The van der Waals surface area contributed by atoms with Gasteiger partial charge in [-0.2, -0.15) is 13.2 Å². The quantitative estimate of drug-likeness (QED) is 0.248. The Morgan fingerprint density at radius 2 is 1.75 bits per heavy atom. The fourth-order valence-electron chi connectivity index (χ4n) is 5.99. The minimum absolute atomic E-state index is 0.0214. The van der Waals surface area contributed by atoms with Gasteiger partial charge in [-0.1, -0.05) is 61.9 Å². The number of aliphatic hydroxyl groups excluding tert-OH is 1. The molecule has 3 rings (SSSR count). The molecule has 240 valence electrons. The summed E-state index contributed by atoms with van der Waals surface area (Å²) in [6.07, 6.45) is -1.00. The van der Waals surface area contributed by atoms with Gasteiger partial charge in [0.25, 0.3) is 0 Å². The van der Waals surface area contributed by atoms with Gasteiger partial charge in [-0.3, -0.25) is 9.59 Å². The lowest BCUT2D eigenvalue weighted by Crippen LogP contribution is -2.51. The molecule has 1 unspecified atom stereocenters. The maximum atomic E-state index is 13.7. The lowest BCUT2D eigenvalue weighted by molar-refractivity contribution is -0.138. The summed E-state index contributed by atoms with van der Waals surface area (Å²) in [6.45, 7) is 7.18. The minimum Gasteiger partial charge on any atom is -0.497 e. The highest BCUT2D eigenvalue weighted by molar-refractivity contribution is 5.97. The first kappa shape index (κ1) is 34.9. The van der Waals surface area contributed by atoms with Crippen LogP contribution in [0.4, 0.5) is 13.2 Å². The van der Waals surface area contributed by atoms with Crippen molar-refractivity contribution in [2.45, 2.75) is 65.3 Å². The number of halogens is 3. The topological polar surface area (TPSA) is 105 Å². The first-order valence-electron chi connectivity index (χ1n) is 15.0. The Morgan fingerprint density at radius 3 is 2.36 bits per heavy atom. The van der Waals surface area contributed by atoms with Gasteiger partial charge in [0, 0.05) is 37.7 Å². The van der Waals surface area contributed by atoms with E-state index < -0.39 is 35.1 Å². The van der Waals surface area contributed by atoms with E-state index in [-0.39, 0.29) is 25.3 Å². The van der Waals surface area contributed by atoms with Gasteiger partial charge in [-0.25, -0.2) is 0 Å². The zero-order chi connectivity index (χ0) is 32.5. The first-order valence-corrected chi connectivity index (χ1v) is 15.0. The molecule has 2 amide bonds. The minimum atomic E-state index is -4.56. The Kier molecular flexibility index (Phi) is 12.2. The number of benzene rings is 2. The molecule has 0 saturated carbocycles. The largest absolute Gasteiger partial charge is 0.497 e. The molecule has 10 heteroatoms. The van der Waals surface area contributed by atoms with Crippen LogP contribution in [0.15, 0.2) is 71.8 Å². The molecule has 0 bridgehead atoms. The molecule has 1 aliphatic carbocycles. The molecule has 2 aromatic carbocycles. The van der Waals surface area contributed by atoms with Crippen LogP contribution >= 0.6 is 0 Å². The van der Waals surface area contributed by atoms with Gasteiger partial charge in [0.05, 0.1) is 24.2 Å². The fraction of sp³-hybridized carbons (Fsp3) is 0.471. The number of ether oxygens (including phenoxy) is 1. The summed E-state index contributed by atoms with van der Waals surface area (Å²) in [5.74, 6) is -1.24. The lowest BCUT2D eigenvalue weighted by Gasteiger charge is -2.42. The molecule has 0 heterocycles. The summed E-state index contributed by atoms with van der Waals surface area (Å²) in [5.41, 5.74) is 5.95. The van der Waals surface area contributed by atoms with Crippen molar-refractivity contribution in [3.63, 3.8) is 0 Å². The van der Waals surface area contributed by atoms with Crippen LogP contribution in [-0.2, 0) is 28.7 Å². The van der Waals surface area contributed by atoms with E-state index in [9.17, 15) is 27.9 Å². The van der Waals surface area contributed by atoms with Crippen molar-refractivity contribution < 1.29 is 32.6 Å². The fourth-order valence-corrected chi connectivity index (χ4v) is 5.99. The van der Waals surface area contributed by atoms with Crippen LogP contribution < -0.4 is 15.8 Å². The predicted octanol–water partition coefficient (Wildman–Crippen LogP) is 5.42. The smallest absolute Gasteiger partial charge is 0.416 e. The van der Waals surface area contributed by atoms with Crippen molar-refractivity contribution in [3.8, 4) is 5.75 Å². The van der Waals surface area contributed by atoms with E-state index in [1.54, 1.807) is 37.2 Å². The molecule has 0 aromatic heterocycles. The van der Waals surface area contributed by atoms with E-state index in [2.05, 4.69) is 5.32 Å². The maximum Gasteiger partial charge on any atom is 0.416 e. The van der Waals surface area contributed by atoms with E-state index in [4.69, 9.17) is 10.5 Å². The molecular weight excluding hydrogens is 571 g/mol. The Labute approximate surface area is 258 Å². The van der Waals surface area contributed by atoms with Crippen molar-refractivity contribution in [2.75, 3.05) is 26.7 Å². The maximum absolute atomic E-state index is 13.7. The number of amides is 2. The SMILES string of the molecule is CCCN(CCC)C(=O)C1=CC(C)=CC(C(N)=O)([C@H](Cc2cccc(C(F)(F)F)c2)[C@@H](O)CNCc2cccc(OC)c2)C1. The van der Waals surface area contributed by atoms with E-state index in [1.807, 2.05) is 38.1 Å². The van der Waals surface area contributed by atoms with Crippen LogP contribution in [0.3, 0.4) is 0 Å². The van der Waals surface area contributed by atoms with E-state index in [1.165, 1.54) is 6.07 Å². The van der Waals surface area contributed by atoms with Crippen LogP contribution in [0.1, 0.15) is 56.7 Å². The van der Waals surface area contributed by atoms with Crippen LogP contribution in [0.2, 0.25) is 0 Å². The molecule has 1 aliphatic rings. The van der Waals surface area contributed by atoms with Crippen LogP contribution in [0.25, 0.3) is 0 Å². The molecule has 3 atom stereocenters. The van der Waals surface area contributed by atoms with Crippen molar-refractivity contribution in [3.05, 3.63) is 88.5 Å². The number of carbonyl (C=O) groups is 2. The van der Waals surface area contributed by atoms with Gasteiger partial charge < -0.3 is 25.8 Å². The molecule has 7 nitrogen and oxygen atoms in total. The summed E-state index contributed by atoms with van der Waals surface area (Å²) in [5, 5.41) is 14.9. The molecule has 0 aliphatic heterocycles. The van der Waals surface area contributed by atoms with Gasteiger partial charge in [0.1, 0.15) is 5.75 Å². The Balaban J connectivity index is 2.00. The number of nitrogens with one attached hydrogen (secondary N) is 1. The van der Waals surface area contributed by atoms with Crippen molar-refractivity contribution in [1.82, 2.24) is 10.2 Å². The number of carbonyl (C=O) groups excluding carboxylic acids is 2. The number of methoxy groups -OCH3 is 1. The summed E-state index contributed by atoms with van der Waals surface area (Å²) in [4.78, 5) is 28.9. The number of hydrogen-bond donors (Lipinski definition) is 3. The van der Waals surface area contributed by atoms with Gasteiger partial charge in [-0.15, -0.1) is 0 Å². The lowest BCUT2D eigenvalue weighted by atomic mass is 9.63. The van der Waals surface area contributed by atoms with Crippen molar-refractivity contribution >= 4 is 11.8 Å². The van der Waals surface area contributed by atoms with Gasteiger partial charge in [0.15, 0.2) is 0 Å². The number of hydrogen-bond acceptors (Lipinski definition) is 5. The van der Waals surface area contributed by atoms with Crippen LogP contribution in [0.5, 0.6) is 5.75 Å². The third-order valence-corrected chi connectivity index (χ3v) is 8.03. The van der Waals surface area contributed by atoms with Gasteiger partial charge in [-0.05, 0) is 61.9 Å². The number of aliphatic hydroxyl groups is 1. The normalized spacial score (nSPS) is 18.2. The summed E-state index contributed by atoms with van der Waals surface area (Å²) in [6, 6.07) is 12.2. The highest BCUT2D eigenvalue weighted by Crippen LogP contribution is 2.44. The Bertz CT molecular complexity index is 1350. The third-order valence-electron chi connectivity index (χ3n) is 8.03. The monoisotopic (exact) mass is 615 g/mol. The molecule has 0 saturated heterocycles. The Hall–Kier alpha value is -3.63. The van der Waals surface area contributed by atoms with Gasteiger partial charge in [0.2, 0.25) is 11.8 Å². The second kappa shape index (κ2) is 15.4. The average molecular weight is 616 g/mol. The molecule has 0 radical (unpaired) electrons. The number of nitrogens with two attached hydrogens (primary N) is 1. The predicted molar refractivity (Wildman–Crippen MR) is 165 cm³/mol. The highest BCUT2D eigenvalue weighted by atomic mass is 19.4. The second-order valence-corrected chi connectivity index (χ2v) is 11.5. The van der Waals surface area contributed by atoms with E-state index in [0.717, 1.165) is 30.5 Å². The average Bonchev–Trinajstić information content (AvgIpc) is 2.98. The van der Waals surface area contributed by atoms with Crippen LogP contribution in [0, 0.1) is 11.3 Å². The summed E-state index contributed by atoms with van der Waals surface area (Å²) < 4.78 is 46.1. The zero-order valence-corrected chi connectivity index (χ0v) is 25.9. The molecule has 44 heavy (non-hydrogen) atoms. The number of allylic oxidation sites excluding steroid dienone is 2. The summed E-state index contributed by atoms with van der Waals surface area (Å²) in [7, 11) is 1.56. The van der Waals surface area contributed by atoms with Crippen LogP contribution in [-0.4, -0.2) is 54.7 Å². The highest BCUT2D eigenvalue weighted by Gasteiger charge is 2.48. The second-order valence-electron chi connectivity index (χ2n) is 11.5. The standard InChI is InChI=1S/C34H44F3N3O4/c1-5-13-40(14-6-2)31(42)26-15-23(3)19-33(20-26,32(38)43)29(18-24-9-7-11-27(16-24)34(35,36)37)30(41)22-39-21-25-10-8-12-28(17-25)44-4/h7-12,15-17,19,29-30,39,41H,5-6,13-14,18,20-22H2,1-4H3,(H2,38,43)/t29-,30+,33?/m1/s1. The molecule has 0 spiro atoms. The molecule has 2 aromatic rings. The number of primary amides is 1. The zero-order valence-electron chi connectivity index (χ0n) is 25.9. The van der Waals surface area contributed by atoms with E-state index >= 15 is 0 Å². The van der Waals surface area contributed by atoms with Crippen molar-refractivity contribution in [2.24, 2.45) is 17.1 Å². The number of nitrogens with zero attached hydrogens (tertiary/aromatic N) is 1. The molecule has 0 fully saturated rings. The third kappa shape index (κ3) is 8.72. The van der Waals surface area contributed by atoms with Gasteiger partial charge >= 0.3 is 6.18 Å². The number of alkyl halides is 3. The number of rotatable bonds is 15. The summed E-state index contributed by atoms with van der Waals surface area (Å²) >= 11 is 0. The first-order chi connectivity index (χ1) is 20.8. The van der Waals surface area contributed by atoms with Crippen molar-refractivity contribution in [1.29, 1.82) is 0 Å². The molecule has 4 N–H and O–H groups in total. The molecular formula is C34H44F3N3O4. The Morgan fingerprint density at radius 1 is 1.09 bits per heavy atom.